The Kier molecular flexibility index (Phi) is 4.40. The monoisotopic (exact) mass is 263 g/mol. The molecule has 104 valence electrons. The molecule has 19 heavy (non-hydrogen) atoms. The zero-order valence-electron chi connectivity index (χ0n) is 11.6. The van der Waals surface area contributed by atoms with E-state index in [1.54, 1.807) is 30.0 Å². The first-order valence-electron chi connectivity index (χ1n) is 6.93. The quantitative estimate of drug-likeness (QED) is 0.620. The number of methoxy groups -OCH3 is 1. The van der Waals surface area contributed by atoms with Gasteiger partial charge in [0.2, 0.25) is 0 Å². The molecule has 0 spiro atoms. The summed E-state index contributed by atoms with van der Waals surface area (Å²) < 4.78 is 6.45. The Hall–Kier alpha value is -1.58. The molecule has 1 aliphatic carbocycles. The number of esters is 1. The second kappa shape index (κ2) is 6.04. The minimum absolute atomic E-state index is 0.165. The third-order valence-electron chi connectivity index (χ3n) is 3.96. The van der Waals surface area contributed by atoms with Gasteiger partial charge in [-0.05, 0) is 25.8 Å². The van der Waals surface area contributed by atoms with E-state index in [0.29, 0.717) is 5.56 Å². The van der Waals surface area contributed by atoms with E-state index in [0.717, 1.165) is 25.7 Å². The van der Waals surface area contributed by atoms with Gasteiger partial charge < -0.3 is 9.30 Å². The van der Waals surface area contributed by atoms with Gasteiger partial charge in [-0.1, -0.05) is 19.3 Å². The highest BCUT2D eigenvalue weighted by Crippen LogP contribution is 2.27. The van der Waals surface area contributed by atoms with Gasteiger partial charge in [-0.25, -0.2) is 4.79 Å². The maximum atomic E-state index is 12.3. The number of carbonyl (C=O) groups is 2. The summed E-state index contributed by atoms with van der Waals surface area (Å²) in [5, 5.41) is 0. The summed E-state index contributed by atoms with van der Waals surface area (Å²) in [6.45, 7) is 1.76. The molecule has 0 radical (unpaired) electrons. The number of aromatic nitrogens is 1. The third-order valence-corrected chi connectivity index (χ3v) is 3.96. The second-order valence-corrected chi connectivity index (χ2v) is 5.25. The molecule has 1 heterocycles. The molecule has 4 nitrogen and oxygen atoms in total. The molecule has 0 amide bonds. The molecular weight excluding hydrogens is 242 g/mol. The summed E-state index contributed by atoms with van der Waals surface area (Å²) in [7, 11) is 1.37. The van der Waals surface area contributed by atoms with Crippen molar-refractivity contribution in [3.05, 3.63) is 24.0 Å². The SMILES string of the molecule is COC(=O)C(C)n1ccc(C(=O)C2CCCCC2)c1. The molecule has 1 unspecified atom stereocenters. The van der Waals surface area contributed by atoms with Crippen LogP contribution in [0.5, 0.6) is 0 Å². The highest BCUT2D eigenvalue weighted by molar-refractivity contribution is 5.97. The van der Waals surface area contributed by atoms with E-state index in [9.17, 15) is 9.59 Å². The first kappa shape index (κ1) is 13.8. The standard InChI is InChI=1S/C15H21NO3/c1-11(15(18)19-2)16-9-8-13(10-16)14(17)12-6-4-3-5-7-12/h8-12H,3-7H2,1-2H3. The summed E-state index contributed by atoms with van der Waals surface area (Å²) in [4.78, 5) is 23.8. The van der Waals surface area contributed by atoms with E-state index in [1.165, 1.54) is 13.5 Å². The molecule has 0 saturated heterocycles. The maximum Gasteiger partial charge on any atom is 0.328 e. The average Bonchev–Trinajstić information content (AvgIpc) is 2.95. The first-order valence-corrected chi connectivity index (χ1v) is 6.93. The highest BCUT2D eigenvalue weighted by atomic mass is 16.5. The molecule has 0 aliphatic heterocycles. The summed E-state index contributed by atoms with van der Waals surface area (Å²) >= 11 is 0. The molecular formula is C15H21NO3. The number of Topliss-reactive ketones (excluding diaryl/α,β-unsaturated/α-hetero) is 1. The van der Waals surface area contributed by atoms with Crippen LogP contribution in [-0.2, 0) is 9.53 Å². The number of carbonyl (C=O) groups excluding carboxylic acids is 2. The van der Waals surface area contributed by atoms with Gasteiger partial charge in [0.1, 0.15) is 6.04 Å². The second-order valence-electron chi connectivity index (χ2n) is 5.25. The predicted molar refractivity (Wildman–Crippen MR) is 72.1 cm³/mol. The van der Waals surface area contributed by atoms with E-state index in [1.807, 2.05) is 0 Å². The van der Waals surface area contributed by atoms with Crippen molar-refractivity contribution in [1.82, 2.24) is 4.57 Å². The predicted octanol–water partition coefficient (Wildman–Crippen LogP) is 2.99. The van der Waals surface area contributed by atoms with Gasteiger partial charge >= 0.3 is 5.97 Å². The van der Waals surface area contributed by atoms with Crippen molar-refractivity contribution < 1.29 is 14.3 Å². The van der Waals surface area contributed by atoms with Crippen LogP contribution in [0.1, 0.15) is 55.4 Å². The van der Waals surface area contributed by atoms with Gasteiger partial charge in [-0.15, -0.1) is 0 Å². The van der Waals surface area contributed by atoms with E-state index in [-0.39, 0.29) is 17.7 Å². The minimum atomic E-state index is -0.391. The lowest BCUT2D eigenvalue weighted by molar-refractivity contribution is -0.144. The largest absolute Gasteiger partial charge is 0.467 e. The van der Waals surface area contributed by atoms with Gasteiger partial charge in [0.05, 0.1) is 7.11 Å². The topological polar surface area (TPSA) is 48.3 Å². The van der Waals surface area contributed by atoms with Gasteiger partial charge in [0.15, 0.2) is 5.78 Å². The van der Waals surface area contributed by atoms with Crippen molar-refractivity contribution in [2.45, 2.75) is 45.1 Å². The van der Waals surface area contributed by atoms with Gasteiger partial charge in [-0.2, -0.15) is 0 Å². The summed E-state index contributed by atoms with van der Waals surface area (Å²) in [6, 6.07) is 1.41. The first-order chi connectivity index (χ1) is 9.13. The Morgan fingerprint density at radius 1 is 1.32 bits per heavy atom. The molecule has 4 heteroatoms. The zero-order chi connectivity index (χ0) is 13.8. The lowest BCUT2D eigenvalue weighted by Gasteiger charge is -2.19. The van der Waals surface area contributed by atoms with Crippen LogP contribution in [0.2, 0.25) is 0 Å². The molecule has 0 aromatic carbocycles. The van der Waals surface area contributed by atoms with Crippen LogP contribution >= 0.6 is 0 Å². The van der Waals surface area contributed by atoms with E-state index >= 15 is 0 Å². The Balaban J connectivity index is 2.07. The van der Waals surface area contributed by atoms with Crippen molar-refractivity contribution in [1.29, 1.82) is 0 Å². The van der Waals surface area contributed by atoms with E-state index in [2.05, 4.69) is 0 Å². The smallest absolute Gasteiger partial charge is 0.328 e. The van der Waals surface area contributed by atoms with E-state index in [4.69, 9.17) is 4.74 Å². The van der Waals surface area contributed by atoms with Crippen molar-refractivity contribution in [3.63, 3.8) is 0 Å². The van der Waals surface area contributed by atoms with Crippen LogP contribution in [0.15, 0.2) is 18.5 Å². The summed E-state index contributed by atoms with van der Waals surface area (Å²) in [5.74, 6) is 0.0841. The lowest BCUT2D eigenvalue weighted by Crippen LogP contribution is -2.18. The van der Waals surface area contributed by atoms with E-state index < -0.39 is 6.04 Å². The minimum Gasteiger partial charge on any atom is -0.467 e. The Labute approximate surface area is 113 Å². The van der Waals surface area contributed by atoms with Crippen LogP contribution in [0.3, 0.4) is 0 Å². The molecule has 0 N–H and O–H groups in total. The Morgan fingerprint density at radius 3 is 2.63 bits per heavy atom. The van der Waals surface area contributed by atoms with Gasteiger partial charge in [-0.3, -0.25) is 4.79 Å². The van der Waals surface area contributed by atoms with Crippen molar-refractivity contribution in [2.24, 2.45) is 5.92 Å². The van der Waals surface area contributed by atoms with Gasteiger partial charge in [0, 0.05) is 23.9 Å². The summed E-state index contributed by atoms with van der Waals surface area (Å²) in [6.07, 6.45) is 9.07. The van der Waals surface area contributed by atoms with Gasteiger partial charge in [0.25, 0.3) is 0 Å². The lowest BCUT2D eigenvalue weighted by atomic mass is 9.84. The van der Waals surface area contributed by atoms with Crippen LogP contribution in [-0.4, -0.2) is 23.4 Å². The maximum absolute atomic E-state index is 12.3. The molecule has 2 rings (SSSR count). The molecule has 0 bridgehead atoms. The Morgan fingerprint density at radius 2 is 2.00 bits per heavy atom. The summed E-state index contributed by atoms with van der Waals surface area (Å²) in [5.41, 5.74) is 0.711. The molecule has 1 fully saturated rings. The number of nitrogens with zero attached hydrogens (tertiary/aromatic N) is 1. The fraction of sp³-hybridized carbons (Fsp3) is 0.600. The molecule has 1 aromatic rings. The molecule has 1 atom stereocenters. The fourth-order valence-corrected chi connectivity index (χ4v) is 2.69. The van der Waals surface area contributed by atoms with Crippen molar-refractivity contribution in [3.8, 4) is 0 Å². The average molecular weight is 263 g/mol. The fourth-order valence-electron chi connectivity index (χ4n) is 2.69. The number of ketones is 1. The zero-order valence-corrected chi connectivity index (χ0v) is 11.6. The van der Waals surface area contributed by atoms with Crippen molar-refractivity contribution >= 4 is 11.8 Å². The normalized spacial score (nSPS) is 18.0. The molecule has 1 aliphatic rings. The highest BCUT2D eigenvalue weighted by Gasteiger charge is 2.24. The number of rotatable bonds is 4. The third kappa shape index (κ3) is 3.06. The van der Waals surface area contributed by atoms with Crippen LogP contribution in [0.4, 0.5) is 0 Å². The molecule has 1 saturated carbocycles. The van der Waals surface area contributed by atoms with Crippen LogP contribution in [0, 0.1) is 5.92 Å². The number of ether oxygens (including phenoxy) is 1. The number of hydrogen-bond donors (Lipinski definition) is 0. The Bertz CT molecular complexity index is 458. The van der Waals surface area contributed by atoms with Crippen LogP contribution < -0.4 is 0 Å². The number of hydrogen-bond acceptors (Lipinski definition) is 3. The van der Waals surface area contributed by atoms with Crippen molar-refractivity contribution in [2.75, 3.05) is 7.11 Å². The molecule has 1 aromatic heterocycles. The van der Waals surface area contributed by atoms with Crippen LogP contribution in [0.25, 0.3) is 0 Å².